The molecule has 0 bridgehead atoms. The number of nitrogens with one attached hydrogen (secondary N) is 3. The summed E-state index contributed by atoms with van der Waals surface area (Å²) in [6.45, 7) is 5.71. The Kier molecular flexibility index (Phi) is 8.79. The first kappa shape index (κ1) is 25.4. The quantitative estimate of drug-likeness (QED) is 0.328. The van der Waals surface area contributed by atoms with Crippen LogP contribution >= 0.6 is 28.1 Å². The minimum absolute atomic E-state index is 0.0868. The topological polar surface area (TPSA) is 79.5 Å². The Labute approximate surface area is 213 Å². The highest BCUT2D eigenvalue weighted by Crippen LogP contribution is 2.24. The van der Waals surface area contributed by atoms with Crippen molar-refractivity contribution in [2.75, 3.05) is 5.32 Å². The largest absolute Gasteiger partial charge is 0.490 e. The third-order valence-electron chi connectivity index (χ3n) is 4.81. The van der Waals surface area contributed by atoms with Gasteiger partial charge in [-0.1, -0.05) is 52.3 Å². The van der Waals surface area contributed by atoms with E-state index in [-0.39, 0.29) is 23.2 Å². The van der Waals surface area contributed by atoms with Gasteiger partial charge in [-0.15, -0.1) is 0 Å². The fourth-order valence-corrected chi connectivity index (χ4v) is 3.78. The maximum absolute atomic E-state index is 12.8. The van der Waals surface area contributed by atoms with Crippen LogP contribution in [-0.2, 0) is 0 Å². The molecule has 0 saturated heterocycles. The number of amides is 2. The molecule has 0 spiro atoms. The van der Waals surface area contributed by atoms with Crippen LogP contribution in [-0.4, -0.2) is 23.0 Å². The van der Waals surface area contributed by atoms with Gasteiger partial charge in [0.25, 0.3) is 11.8 Å². The number of halogens is 1. The molecule has 6 nitrogen and oxygen atoms in total. The zero-order chi connectivity index (χ0) is 24.7. The number of carbonyl (C=O) groups excluding carboxylic acids is 2. The van der Waals surface area contributed by atoms with Gasteiger partial charge >= 0.3 is 0 Å². The number of hydrogen-bond acceptors (Lipinski definition) is 4. The minimum atomic E-state index is -0.403. The number of carbonyl (C=O) groups is 2. The van der Waals surface area contributed by atoms with Crippen LogP contribution in [0.2, 0.25) is 0 Å². The van der Waals surface area contributed by atoms with E-state index in [1.165, 1.54) is 0 Å². The van der Waals surface area contributed by atoms with E-state index >= 15 is 0 Å². The van der Waals surface area contributed by atoms with Crippen molar-refractivity contribution in [3.8, 4) is 5.75 Å². The molecule has 0 radical (unpaired) electrons. The number of benzene rings is 3. The van der Waals surface area contributed by atoms with Gasteiger partial charge < -0.3 is 15.4 Å². The van der Waals surface area contributed by atoms with Gasteiger partial charge in [0.1, 0.15) is 5.75 Å². The van der Waals surface area contributed by atoms with Crippen LogP contribution in [0.3, 0.4) is 0 Å². The second kappa shape index (κ2) is 11.8. The monoisotopic (exact) mass is 539 g/mol. The molecule has 0 aromatic heterocycles. The van der Waals surface area contributed by atoms with Gasteiger partial charge in [-0.05, 0) is 75.0 Å². The summed E-state index contributed by atoms with van der Waals surface area (Å²) in [7, 11) is 0. The van der Waals surface area contributed by atoms with Gasteiger partial charge in [0.15, 0.2) is 5.11 Å². The summed E-state index contributed by atoms with van der Waals surface area (Å²) in [6, 6.07) is 21.7. The lowest BCUT2D eigenvalue weighted by atomic mass is 10.1. The zero-order valence-electron chi connectivity index (χ0n) is 19.1. The molecule has 0 aliphatic heterocycles. The highest BCUT2D eigenvalue weighted by atomic mass is 79.9. The maximum atomic E-state index is 12.8. The Morgan fingerprint density at radius 2 is 1.65 bits per heavy atom. The van der Waals surface area contributed by atoms with E-state index in [1.807, 2.05) is 51.1 Å². The number of hydrogen-bond donors (Lipinski definition) is 3. The average molecular weight is 540 g/mol. The summed E-state index contributed by atoms with van der Waals surface area (Å²) in [5.74, 6) is -0.149. The fraction of sp³-hybridized carbons (Fsp3) is 0.192. The molecule has 0 fully saturated rings. The summed E-state index contributed by atoms with van der Waals surface area (Å²) < 4.78 is 6.48. The Bertz CT molecular complexity index is 1180. The molecular formula is C26H26BrN3O3S. The Morgan fingerprint density at radius 3 is 2.35 bits per heavy atom. The molecule has 0 aliphatic carbocycles. The first-order valence-corrected chi connectivity index (χ1v) is 12.0. The van der Waals surface area contributed by atoms with Crippen molar-refractivity contribution in [3.05, 3.63) is 94.0 Å². The molecule has 3 N–H and O–H groups in total. The third-order valence-corrected chi connectivity index (χ3v) is 5.50. The van der Waals surface area contributed by atoms with Crippen LogP contribution in [0.5, 0.6) is 5.75 Å². The minimum Gasteiger partial charge on any atom is -0.490 e. The summed E-state index contributed by atoms with van der Waals surface area (Å²) >= 11 is 8.71. The van der Waals surface area contributed by atoms with Gasteiger partial charge in [0.05, 0.1) is 17.7 Å². The van der Waals surface area contributed by atoms with E-state index in [4.69, 9.17) is 17.0 Å². The number of rotatable bonds is 7. The van der Waals surface area contributed by atoms with Crippen molar-refractivity contribution in [2.24, 2.45) is 0 Å². The van der Waals surface area contributed by atoms with Crippen LogP contribution < -0.4 is 20.7 Å². The average Bonchev–Trinajstić information content (AvgIpc) is 2.80. The van der Waals surface area contributed by atoms with Crippen molar-refractivity contribution < 1.29 is 14.3 Å². The highest BCUT2D eigenvalue weighted by molar-refractivity contribution is 9.10. The van der Waals surface area contributed by atoms with Crippen LogP contribution in [0.25, 0.3) is 0 Å². The Morgan fingerprint density at radius 1 is 0.912 bits per heavy atom. The standard InChI is InChI=1S/C26H26BrN3O3S/c1-16(2)33-23-13-12-20(27)15-22(23)25(32)30-26(34)29-21-11-7-10-19(14-21)24(31)28-17(3)18-8-5-4-6-9-18/h4-17H,1-3H3,(H,28,31)(H2,29,30,32,34). The fourth-order valence-electron chi connectivity index (χ4n) is 3.21. The van der Waals surface area contributed by atoms with E-state index in [2.05, 4.69) is 31.9 Å². The molecule has 0 saturated carbocycles. The lowest BCUT2D eigenvalue weighted by Crippen LogP contribution is -2.34. The van der Waals surface area contributed by atoms with E-state index < -0.39 is 5.91 Å². The van der Waals surface area contributed by atoms with Crippen LogP contribution in [0.4, 0.5) is 5.69 Å². The molecule has 8 heteroatoms. The van der Waals surface area contributed by atoms with E-state index in [0.29, 0.717) is 22.6 Å². The van der Waals surface area contributed by atoms with Gasteiger partial charge in [-0.3, -0.25) is 14.9 Å². The van der Waals surface area contributed by atoms with Gasteiger partial charge in [0, 0.05) is 15.7 Å². The third kappa shape index (κ3) is 7.13. The van der Waals surface area contributed by atoms with E-state index in [9.17, 15) is 9.59 Å². The number of anilines is 1. The molecule has 1 unspecified atom stereocenters. The summed E-state index contributed by atoms with van der Waals surface area (Å²) in [5, 5.41) is 8.73. The molecule has 176 valence electrons. The summed E-state index contributed by atoms with van der Waals surface area (Å²) in [4.78, 5) is 25.6. The van der Waals surface area contributed by atoms with E-state index in [0.717, 1.165) is 10.0 Å². The number of ether oxygens (including phenoxy) is 1. The Hall–Kier alpha value is -3.23. The van der Waals surface area contributed by atoms with Crippen LogP contribution in [0.15, 0.2) is 77.3 Å². The lowest BCUT2D eigenvalue weighted by molar-refractivity contribution is 0.0937. The molecule has 2 amide bonds. The molecule has 34 heavy (non-hydrogen) atoms. The van der Waals surface area contributed by atoms with Gasteiger partial charge in [-0.2, -0.15) is 0 Å². The van der Waals surface area contributed by atoms with Crippen LogP contribution in [0.1, 0.15) is 53.1 Å². The second-order valence-electron chi connectivity index (χ2n) is 7.90. The SMILES string of the molecule is CC(C)Oc1ccc(Br)cc1C(=O)NC(=S)Nc1cccc(C(=O)NC(C)c2ccccc2)c1. The molecule has 1 atom stereocenters. The smallest absolute Gasteiger partial charge is 0.261 e. The van der Waals surface area contributed by atoms with Crippen molar-refractivity contribution in [1.29, 1.82) is 0 Å². The highest BCUT2D eigenvalue weighted by Gasteiger charge is 2.16. The molecule has 3 aromatic carbocycles. The normalized spacial score (nSPS) is 11.4. The van der Waals surface area contributed by atoms with Crippen molar-refractivity contribution in [1.82, 2.24) is 10.6 Å². The Balaban J connectivity index is 1.65. The van der Waals surface area contributed by atoms with Gasteiger partial charge in [-0.25, -0.2) is 0 Å². The first-order chi connectivity index (χ1) is 16.2. The molecule has 3 rings (SSSR count). The van der Waals surface area contributed by atoms with Gasteiger partial charge in [0.2, 0.25) is 0 Å². The summed E-state index contributed by atoms with van der Waals surface area (Å²) in [6.07, 6.45) is -0.0868. The predicted octanol–water partition coefficient (Wildman–Crippen LogP) is 5.85. The predicted molar refractivity (Wildman–Crippen MR) is 142 cm³/mol. The zero-order valence-corrected chi connectivity index (χ0v) is 21.5. The van der Waals surface area contributed by atoms with Crippen LogP contribution in [0, 0.1) is 0 Å². The van der Waals surface area contributed by atoms with Crippen molar-refractivity contribution in [2.45, 2.75) is 32.9 Å². The molecule has 0 heterocycles. The maximum Gasteiger partial charge on any atom is 0.261 e. The lowest BCUT2D eigenvalue weighted by Gasteiger charge is -2.16. The number of thiocarbonyl (C=S) groups is 1. The van der Waals surface area contributed by atoms with Crippen molar-refractivity contribution in [3.63, 3.8) is 0 Å². The molecule has 0 aliphatic rings. The summed E-state index contributed by atoms with van der Waals surface area (Å²) in [5.41, 5.74) is 2.43. The van der Waals surface area contributed by atoms with Crippen molar-refractivity contribution >= 4 is 50.8 Å². The molecule has 3 aromatic rings. The first-order valence-electron chi connectivity index (χ1n) is 10.8. The van der Waals surface area contributed by atoms with E-state index in [1.54, 1.807) is 42.5 Å². The molecular weight excluding hydrogens is 514 g/mol. The second-order valence-corrected chi connectivity index (χ2v) is 9.23.